The first-order valence-electron chi connectivity index (χ1n) is 8.02. The van der Waals surface area contributed by atoms with Gasteiger partial charge in [0, 0.05) is 32.7 Å². The summed E-state index contributed by atoms with van der Waals surface area (Å²) < 4.78 is 74.2. The van der Waals surface area contributed by atoms with Gasteiger partial charge in [-0.05, 0) is 30.5 Å². The molecule has 6 nitrogen and oxygen atoms in total. The number of hydrogen-bond donors (Lipinski definition) is 2. The van der Waals surface area contributed by atoms with Gasteiger partial charge in [0.15, 0.2) is 5.96 Å². The number of nitrogens with zero attached hydrogens (tertiary/aromatic N) is 2. The van der Waals surface area contributed by atoms with E-state index in [-0.39, 0.29) is 37.0 Å². The molecule has 0 amide bonds. The Morgan fingerprint density at radius 3 is 2.48 bits per heavy atom. The Balaban J connectivity index is 1.87. The summed E-state index contributed by atoms with van der Waals surface area (Å²) in [5, 5.41) is 6.03. The van der Waals surface area contributed by atoms with Gasteiger partial charge in [0.05, 0.1) is 5.02 Å². The number of hydrogen-bond acceptors (Lipinski definition) is 3. The molecule has 1 aliphatic rings. The van der Waals surface area contributed by atoms with Crippen LogP contribution in [-0.2, 0) is 16.6 Å². The first kappa shape index (κ1) is 21.7. The Morgan fingerprint density at radius 2 is 1.96 bits per heavy atom. The van der Waals surface area contributed by atoms with Crippen LogP contribution >= 0.6 is 11.6 Å². The quantitative estimate of drug-likeness (QED) is 0.437. The third-order valence-corrected chi connectivity index (χ3v) is 6.01. The molecule has 0 saturated carbocycles. The molecule has 12 heteroatoms. The van der Waals surface area contributed by atoms with Crippen molar-refractivity contribution in [3.05, 3.63) is 34.6 Å². The molecule has 1 heterocycles. The summed E-state index contributed by atoms with van der Waals surface area (Å²) in [6, 6.07) is 4.04. The molecule has 27 heavy (non-hydrogen) atoms. The van der Waals surface area contributed by atoms with Crippen LogP contribution in [0.5, 0.6) is 0 Å². The van der Waals surface area contributed by atoms with E-state index in [0.29, 0.717) is 16.8 Å². The number of rotatable bonds is 4. The number of alkyl halides is 3. The molecule has 0 aliphatic carbocycles. The van der Waals surface area contributed by atoms with Gasteiger partial charge < -0.3 is 10.6 Å². The van der Waals surface area contributed by atoms with E-state index >= 15 is 0 Å². The summed E-state index contributed by atoms with van der Waals surface area (Å²) in [6.45, 7) is -0.158. The number of guanidine groups is 1. The first-order valence-corrected chi connectivity index (χ1v) is 9.84. The molecule has 1 aromatic rings. The molecular weight excluding hydrogens is 412 g/mol. The van der Waals surface area contributed by atoms with Gasteiger partial charge in [-0.15, -0.1) is 0 Å². The van der Waals surface area contributed by atoms with E-state index in [9.17, 15) is 26.0 Å². The molecule has 0 unspecified atom stereocenters. The predicted octanol–water partition coefficient (Wildman–Crippen LogP) is 2.46. The van der Waals surface area contributed by atoms with Gasteiger partial charge in [0.2, 0.25) is 0 Å². The van der Waals surface area contributed by atoms with Crippen molar-refractivity contribution in [2.45, 2.75) is 30.9 Å². The molecule has 1 fully saturated rings. The second-order valence-electron chi connectivity index (χ2n) is 5.94. The van der Waals surface area contributed by atoms with Crippen LogP contribution in [0, 0.1) is 5.82 Å². The van der Waals surface area contributed by atoms with Gasteiger partial charge in [-0.25, -0.2) is 12.8 Å². The lowest BCUT2D eigenvalue weighted by Gasteiger charge is -2.32. The first-order chi connectivity index (χ1) is 12.5. The lowest BCUT2D eigenvalue weighted by Crippen LogP contribution is -2.51. The minimum Gasteiger partial charge on any atom is -0.354 e. The van der Waals surface area contributed by atoms with Gasteiger partial charge in [-0.2, -0.15) is 17.5 Å². The van der Waals surface area contributed by atoms with Gasteiger partial charge in [0.1, 0.15) is 5.82 Å². The normalized spacial score (nSPS) is 17.8. The average molecular weight is 431 g/mol. The SMILES string of the molecule is CN=C(NCc1ccc(F)c(Cl)c1)NC1CCN(S(=O)(=O)C(F)(F)F)CC1. The van der Waals surface area contributed by atoms with Crippen molar-refractivity contribution >= 4 is 27.6 Å². The maximum absolute atomic E-state index is 13.2. The summed E-state index contributed by atoms with van der Waals surface area (Å²) in [6.07, 6.45) is 0.413. The zero-order chi connectivity index (χ0) is 20.2. The number of benzene rings is 1. The Labute approximate surface area is 159 Å². The maximum Gasteiger partial charge on any atom is 0.511 e. The number of aliphatic imine (C=N–C) groups is 1. The van der Waals surface area contributed by atoms with Crippen molar-refractivity contribution in [3.63, 3.8) is 0 Å². The summed E-state index contributed by atoms with van der Waals surface area (Å²) in [5.74, 6) is -0.129. The Morgan fingerprint density at radius 1 is 1.33 bits per heavy atom. The van der Waals surface area contributed by atoms with Crippen molar-refractivity contribution in [1.29, 1.82) is 0 Å². The summed E-state index contributed by atoms with van der Waals surface area (Å²) in [4.78, 5) is 4.02. The molecule has 1 saturated heterocycles. The Bertz CT molecular complexity index is 793. The minimum atomic E-state index is -5.29. The van der Waals surface area contributed by atoms with E-state index in [4.69, 9.17) is 11.6 Å². The van der Waals surface area contributed by atoms with Gasteiger partial charge >= 0.3 is 15.5 Å². The highest BCUT2D eigenvalue weighted by atomic mass is 35.5. The van der Waals surface area contributed by atoms with Gasteiger partial charge in [0.25, 0.3) is 0 Å². The topological polar surface area (TPSA) is 73.8 Å². The Kier molecular flexibility index (Phi) is 6.92. The molecular formula is C15H19ClF4N4O2S. The van der Waals surface area contributed by atoms with Gasteiger partial charge in [-0.3, -0.25) is 4.99 Å². The van der Waals surface area contributed by atoms with E-state index in [1.54, 1.807) is 6.07 Å². The van der Waals surface area contributed by atoms with Crippen molar-refractivity contribution in [1.82, 2.24) is 14.9 Å². The number of sulfonamides is 1. The fraction of sp³-hybridized carbons (Fsp3) is 0.533. The second-order valence-corrected chi connectivity index (χ2v) is 8.28. The van der Waals surface area contributed by atoms with Crippen LogP contribution in [-0.4, -0.2) is 50.4 Å². The third-order valence-electron chi connectivity index (χ3n) is 4.09. The van der Waals surface area contributed by atoms with E-state index in [1.807, 2.05) is 0 Å². The van der Waals surface area contributed by atoms with E-state index in [1.165, 1.54) is 19.2 Å². The van der Waals surface area contributed by atoms with E-state index < -0.39 is 21.3 Å². The summed E-state index contributed by atoms with van der Waals surface area (Å²) in [7, 11) is -3.77. The zero-order valence-electron chi connectivity index (χ0n) is 14.4. The number of nitrogens with one attached hydrogen (secondary N) is 2. The van der Waals surface area contributed by atoms with Crippen molar-refractivity contribution in [2.24, 2.45) is 4.99 Å². The largest absolute Gasteiger partial charge is 0.511 e. The maximum atomic E-state index is 13.2. The highest BCUT2D eigenvalue weighted by Crippen LogP contribution is 2.28. The molecule has 1 aromatic carbocycles. The van der Waals surface area contributed by atoms with Crippen molar-refractivity contribution < 1.29 is 26.0 Å². The highest BCUT2D eigenvalue weighted by molar-refractivity contribution is 7.90. The van der Waals surface area contributed by atoms with Crippen LogP contribution in [0.2, 0.25) is 5.02 Å². The lowest BCUT2D eigenvalue weighted by molar-refractivity contribution is -0.0494. The van der Waals surface area contributed by atoms with Crippen molar-refractivity contribution in [3.8, 4) is 0 Å². The van der Waals surface area contributed by atoms with Crippen LogP contribution in [0.15, 0.2) is 23.2 Å². The molecule has 152 valence electrons. The lowest BCUT2D eigenvalue weighted by atomic mass is 10.1. The molecule has 2 N–H and O–H groups in total. The summed E-state index contributed by atoms with van der Waals surface area (Å²) in [5.41, 5.74) is -4.57. The number of halogens is 5. The van der Waals surface area contributed by atoms with Gasteiger partial charge in [-0.1, -0.05) is 17.7 Å². The third kappa shape index (κ3) is 5.45. The average Bonchev–Trinajstić information content (AvgIpc) is 2.61. The van der Waals surface area contributed by atoms with Crippen LogP contribution in [0.3, 0.4) is 0 Å². The molecule has 0 aromatic heterocycles. The smallest absolute Gasteiger partial charge is 0.354 e. The predicted molar refractivity (Wildman–Crippen MR) is 94.3 cm³/mol. The minimum absolute atomic E-state index is 0.00417. The standard InChI is InChI=1S/C15H19ClF4N4O2S/c1-21-14(22-9-10-2-3-13(17)12(16)8-10)23-11-4-6-24(7-5-11)27(25,26)15(18,19)20/h2-3,8,11H,4-7,9H2,1H3,(H2,21,22,23). The monoisotopic (exact) mass is 430 g/mol. The fourth-order valence-electron chi connectivity index (χ4n) is 2.61. The van der Waals surface area contributed by atoms with E-state index in [0.717, 1.165) is 5.56 Å². The number of piperidine rings is 1. The van der Waals surface area contributed by atoms with Crippen LogP contribution < -0.4 is 10.6 Å². The zero-order valence-corrected chi connectivity index (χ0v) is 15.9. The highest BCUT2D eigenvalue weighted by Gasteiger charge is 2.50. The van der Waals surface area contributed by atoms with Crippen LogP contribution in [0.1, 0.15) is 18.4 Å². The van der Waals surface area contributed by atoms with Crippen molar-refractivity contribution in [2.75, 3.05) is 20.1 Å². The summed E-state index contributed by atoms with van der Waals surface area (Å²) >= 11 is 5.72. The van der Waals surface area contributed by atoms with Crippen LogP contribution in [0.25, 0.3) is 0 Å². The molecule has 0 spiro atoms. The van der Waals surface area contributed by atoms with Crippen LogP contribution in [0.4, 0.5) is 17.6 Å². The molecule has 2 rings (SSSR count). The molecule has 0 atom stereocenters. The molecule has 0 radical (unpaired) electrons. The second kappa shape index (κ2) is 8.61. The van der Waals surface area contributed by atoms with E-state index in [2.05, 4.69) is 15.6 Å². The Hall–Kier alpha value is -1.59. The fourth-order valence-corrected chi connectivity index (χ4v) is 3.80. The molecule has 1 aliphatic heterocycles. The molecule has 0 bridgehead atoms.